The largest absolute Gasteiger partial charge is 0.394 e. The highest BCUT2D eigenvalue weighted by atomic mass is 19.2. The number of benzene rings is 2. The van der Waals surface area contributed by atoms with Crippen molar-refractivity contribution in [2.75, 3.05) is 13.2 Å². The van der Waals surface area contributed by atoms with Crippen molar-refractivity contribution in [3.8, 4) is 11.3 Å². The maximum Gasteiger partial charge on any atom is 0.197 e. The molecule has 36 heavy (non-hydrogen) atoms. The smallest absolute Gasteiger partial charge is 0.197 e. The molecular formula is C25H26F3N3O5. The van der Waals surface area contributed by atoms with E-state index < -0.39 is 54.2 Å². The van der Waals surface area contributed by atoms with Crippen molar-refractivity contribution in [2.45, 2.75) is 56.0 Å². The van der Waals surface area contributed by atoms with Gasteiger partial charge in [0.15, 0.2) is 23.2 Å². The van der Waals surface area contributed by atoms with E-state index in [1.165, 1.54) is 10.9 Å². The highest BCUT2D eigenvalue weighted by molar-refractivity contribution is 5.57. The van der Waals surface area contributed by atoms with Crippen LogP contribution in [0, 0.1) is 17.5 Å². The average Bonchev–Trinajstić information content (AvgIpc) is 3.38. The fraction of sp³-hybridized carbons (Fsp3) is 0.440. The topological polar surface area (TPSA) is 98.9 Å². The highest BCUT2D eigenvalue weighted by Gasteiger charge is 2.57. The Hall–Kier alpha value is -2.83. The summed E-state index contributed by atoms with van der Waals surface area (Å²) in [6, 6.07) is 10.1. The molecule has 3 aromatic rings. The number of rotatable bonds is 6. The van der Waals surface area contributed by atoms with Crippen molar-refractivity contribution in [3.63, 3.8) is 0 Å². The Labute approximate surface area is 205 Å². The Kier molecular flexibility index (Phi) is 7.09. The molecule has 0 radical (unpaired) electrons. The number of aliphatic hydroxyl groups is 2. The first-order valence-corrected chi connectivity index (χ1v) is 11.7. The minimum atomic E-state index is -1.58. The molecule has 2 fully saturated rings. The quantitative estimate of drug-likeness (QED) is 0.497. The normalized spacial score (nSPS) is 28.5. The number of hydrogen-bond donors (Lipinski definition) is 2. The van der Waals surface area contributed by atoms with Gasteiger partial charge in [-0.25, -0.2) is 17.9 Å². The molecule has 5 atom stereocenters. The number of aromatic nitrogens is 3. The van der Waals surface area contributed by atoms with Crippen LogP contribution in [-0.4, -0.2) is 62.5 Å². The molecule has 5 rings (SSSR count). The fourth-order valence-corrected chi connectivity index (χ4v) is 4.84. The van der Waals surface area contributed by atoms with Crippen LogP contribution in [0.25, 0.3) is 11.3 Å². The molecule has 2 aliphatic heterocycles. The van der Waals surface area contributed by atoms with Gasteiger partial charge in [0.2, 0.25) is 0 Å². The lowest BCUT2D eigenvalue weighted by Gasteiger charge is -2.52. The van der Waals surface area contributed by atoms with Gasteiger partial charge in [-0.15, -0.1) is 5.10 Å². The number of halogens is 3. The van der Waals surface area contributed by atoms with E-state index in [1.807, 2.05) is 30.3 Å². The number of ether oxygens (including phenoxy) is 3. The van der Waals surface area contributed by atoms with E-state index in [0.717, 1.165) is 30.5 Å². The maximum atomic E-state index is 13.8. The predicted molar refractivity (Wildman–Crippen MR) is 120 cm³/mol. The molecular weight excluding hydrogens is 479 g/mol. The van der Waals surface area contributed by atoms with Crippen LogP contribution in [0.3, 0.4) is 0 Å². The van der Waals surface area contributed by atoms with Gasteiger partial charge < -0.3 is 24.4 Å². The molecule has 0 saturated carbocycles. The van der Waals surface area contributed by atoms with Crippen LogP contribution >= 0.6 is 0 Å². The Balaban J connectivity index is 1.53. The van der Waals surface area contributed by atoms with Crippen LogP contribution in [0.5, 0.6) is 0 Å². The van der Waals surface area contributed by atoms with E-state index in [1.54, 1.807) is 0 Å². The van der Waals surface area contributed by atoms with Gasteiger partial charge in [-0.2, -0.15) is 0 Å². The van der Waals surface area contributed by atoms with E-state index in [2.05, 4.69) is 10.3 Å². The van der Waals surface area contributed by atoms with Crippen molar-refractivity contribution in [2.24, 2.45) is 0 Å². The molecule has 11 heteroatoms. The number of hydrogen-bond acceptors (Lipinski definition) is 7. The SMILES string of the molecule is OC[C@H]1O[C@@]2(CCCCO2)[C@H](OCc2ccccc2)[C@@H](n2cc(-c3cc(F)c(F)c(F)c3)nn2)[C@H]1O. The first-order chi connectivity index (χ1) is 17.4. The van der Waals surface area contributed by atoms with Crippen molar-refractivity contribution in [3.05, 3.63) is 71.7 Å². The van der Waals surface area contributed by atoms with Crippen molar-refractivity contribution in [1.82, 2.24) is 15.0 Å². The van der Waals surface area contributed by atoms with Crippen LogP contribution in [0.15, 0.2) is 48.7 Å². The van der Waals surface area contributed by atoms with Crippen molar-refractivity contribution in [1.29, 1.82) is 0 Å². The van der Waals surface area contributed by atoms with Gasteiger partial charge in [-0.3, -0.25) is 0 Å². The Morgan fingerprint density at radius 3 is 2.53 bits per heavy atom. The molecule has 0 bridgehead atoms. The second kappa shape index (κ2) is 10.3. The van der Waals surface area contributed by atoms with Crippen LogP contribution in [0.1, 0.15) is 30.9 Å². The van der Waals surface area contributed by atoms with Gasteiger partial charge in [-0.05, 0) is 30.5 Å². The minimum absolute atomic E-state index is 0.0247. The maximum absolute atomic E-state index is 13.8. The summed E-state index contributed by atoms with van der Waals surface area (Å²) in [4.78, 5) is 0. The summed E-state index contributed by atoms with van der Waals surface area (Å²) < 4.78 is 60.9. The molecule has 2 saturated heterocycles. The number of nitrogens with zero attached hydrogens (tertiary/aromatic N) is 3. The lowest BCUT2D eigenvalue weighted by atomic mass is 9.86. The minimum Gasteiger partial charge on any atom is -0.394 e. The number of aliphatic hydroxyl groups excluding tert-OH is 2. The third-order valence-corrected chi connectivity index (χ3v) is 6.64. The molecule has 3 heterocycles. The monoisotopic (exact) mass is 505 g/mol. The molecule has 0 unspecified atom stereocenters. The van der Waals surface area contributed by atoms with E-state index in [-0.39, 0.29) is 17.9 Å². The van der Waals surface area contributed by atoms with Crippen LogP contribution in [0.4, 0.5) is 13.2 Å². The van der Waals surface area contributed by atoms with E-state index >= 15 is 0 Å². The van der Waals surface area contributed by atoms with E-state index in [0.29, 0.717) is 13.0 Å². The predicted octanol–water partition coefficient (Wildman–Crippen LogP) is 3.14. The third-order valence-electron chi connectivity index (χ3n) is 6.64. The molecule has 192 valence electrons. The average molecular weight is 505 g/mol. The van der Waals surface area contributed by atoms with Crippen LogP contribution in [0.2, 0.25) is 0 Å². The first-order valence-electron chi connectivity index (χ1n) is 11.7. The summed E-state index contributed by atoms with van der Waals surface area (Å²) in [6.07, 6.45) is 0.302. The summed E-state index contributed by atoms with van der Waals surface area (Å²) in [7, 11) is 0. The molecule has 0 amide bonds. The summed E-state index contributed by atoms with van der Waals surface area (Å²) in [5, 5.41) is 29.2. The van der Waals surface area contributed by atoms with E-state index in [4.69, 9.17) is 14.2 Å². The molecule has 2 N–H and O–H groups in total. The summed E-state index contributed by atoms with van der Waals surface area (Å²) in [6.45, 7) is 0.107. The van der Waals surface area contributed by atoms with Gasteiger partial charge in [0, 0.05) is 12.0 Å². The fourth-order valence-electron chi connectivity index (χ4n) is 4.84. The van der Waals surface area contributed by atoms with Crippen LogP contribution < -0.4 is 0 Å². The standard InChI is InChI=1S/C25H26F3N3O5/c26-17-10-16(11-18(27)21(17)28)19-12-31(30-29-19)22-23(33)20(13-32)36-25(8-4-5-9-35-25)24(22)34-14-15-6-2-1-3-7-15/h1-3,6-7,10-12,20,22-24,32-33H,4-5,8-9,13-14H2/t20-,22+,23+,24-,25+/m1/s1. The molecule has 8 nitrogen and oxygen atoms in total. The zero-order chi connectivity index (χ0) is 25.3. The summed E-state index contributed by atoms with van der Waals surface area (Å²) in [5.41, 5.74) is 0.924. The molecule has 1 aromatic heterocycles. The highest BCUT2D eigenvalue weighted by Crippen LogP contribution is 2.44. The van der Waals surface area contributed by atoms with Gasteiger partial charge >= 0.3 is 0 Å². The Bertz CT molecular complexity index is 1170. The van der Waals surface area contributed by atoms with Gasteiger partial charge in [0.05, 0.1) is 26.0 Å². The van der Waals surface area contributed by atoms with E-state index in [9.17, 15) is 23.4 Å². The molecule has 2 aromatic carbocycles. The van der Waals surface area contributed by atoms with Gasteiger partial charge in [0.1, 0.15) is 30.0 Å². The Morgan fingerprint density at radius 1 is 1.11 bits per heavy atom. The third kappa shape index (κ3) is 4.64. The second-order valence-corrected chi connectivity index (χ2v) is 8.99. The lowest BCUT2D eigenvalue weighted by molar-refractivity contribution is -0.373. The zero-order valence-electron chi connectivity index (χ0n) is 19.3. The molecule has 2 aliphatic rings. The van der Waals surface area contributed by atoms with Gasteiger partial charge in [-0.1, -0.05) is 35.5 Å². The zero-order valence-corrected chi connectivity index (χ0v) is 19.3. The first kappa shape index (κ1) is 24.8. The molecule has 0 aliphatic carbocycles. The lowest BCUT2D eigenvalue weighted by Crippen LogP contribution is -2.65. The van der Waals surface area contributed by atoms with Gasteiger partial charge in [0.25, 0.3) is 0 Å². The Morgan fingerprint density at radius 2 is 1.86 bits per heavy atom. The molecule has 1 spiro atoms. The van der Waals surface area contributed by atoms with Crippen molar-refractivity contribution >= 4 is 0 Å². The van der Waals surface area contributed by atoms with Crippen LogP contribution in [-0.2, 0) is 20.8 Å². The second-order valence-electron chi connectivity index (χ2n) is 8.99. The summed E-state index contributed by atoms with van der Waals surface area (Å²) in [5.74, 6) is -5.55. The summed E-state index contributed by atoms with van der Waals surface area (Å²) >= 11 is 0. The van der Waals surface area contributed by atoms with Crippen molar-refractivity contribution < 1.29 is 37.6 Å².